The summed E-state index contributed by atoms with van der Waals surface area (Å²) < 4.78 is 27.8. The smallest absolute Gasteiger partial charge is 0.266 e. The van der Waals surface area contributed by atoms with Crippen molar-refractivity contribution >= 4 is 33.2 Å². The lowest BCUT2D eigenvalue weighted by molar-refractivity contribution is 0.544. The standard InChI is InChI=1S/C13H13Cl2N3O3S/c1-9-2-5-13(19)18(17-9)7-6-16-22(20,21)10-3-4-11(14)12(15)8-10/h2-5,8,16H,6-7H2,1H3. The molecule has 1 N–H and O–H groups in total. The first kappa shape index (κ1) is 17.0. The van der Waals surface area contributed by atoms with Crippen LogP contribution >= 0.6 is 23.2 Å². The summed E-state index contributed by atoms with van der Waals surface area (Å²) in [5.74, 6) is 0. The van der Waals surface area contributed by atoms with E-state index >= 15 is 0 Å². The zero-order chi connectivity index (χ0) is 16.3. The van der Waals surface area contributed by atoms with Crippen LogP contribution in [-0.4, -0.2) is 24.7 Å². The van der Waals surface area contributed by atoms with Crippen LogP contribution < -0.4 is 10.3 Å². The molecular formula is C13H13Cl2N3O3S. The number of hydrogen-bond acceptors (Lipinski definition) is 4. The van der Waals surface area contributed by atoms with E-state index in [0.717, 1.165) is 0 Å². The minimum Gasteiger partial charge on any atom is -0.268 e. The van der Waals surface area contributed by atoms with E-state index in [1.807, 2.05) is 0 Å². The van der Waals surface area contributed by atoms with Gasteiger partial charge in [-0.3, -0.25) is 4.79 Å². The van der Waals surface area contributed by atoms with Gasteiger partial charge in [0.1, 0.15) is 0 Å². The zero-order valence-corrected chi connectivity index (χ0v) is 13.9. The maximum absolute atomic E-state index is 12.1. The van der Waals surface area contributed by atoms with Crippen LogP contribution in [0.4, 0.5) is 0 Å². The van der Waals surface area contributed by atoms with Gasteiger partial charge in [-0.2, -0.15) is 5.10 Å². The van der Waals surface area contributed by atoms with E-state index in [9.17, 15) is 13.2 Å². The Balaban J connectivity index is 2.08. The van der Waals surface area contributed by atoms with Crippen molar-refractivity contribution in [1.82, 2.24) is 14.5 Å². The Morgan fingerprint density at radius 1 is 1.18 bits per heavy atom. The number of nitrogens with one attached hydrogen (secondary N) is 1. The SMILES string of the molecule is Cc1ccc(=O)n(CCNS(=O)(=O)c2ccc(Cl)c(Cl)c2)n1. The Morgan fingerprint density at radius 2 is 1.91 bits per heavy atom. The molecule has 0 unspecified atom stereocenters. The molecule has 0 fully saturated rings. The third kappa shape index (κ3) is 4.07. The number of aromatic nitrogens is 2. The van der Waals surface area contributed by atoms with Gasteiger partial charge in [-0.05, 0) is 31.2 Å². The molecule has 0 radical (unpaired) electrons. The fourth-order valence-corrected chi connectivity index (χ4v) is 3.13. The summed E-state index contributed by atoms with van der Waals surface area (Å²) in [7, 11) is -3.73. The Morgan fingerprint density at radius 3 is 2.59 bits per heavy atom. The molecule has 0 aliphatic carbocycles. The lowest BCUT2D eigenvalue weighted by Crippen LogP contribution is -2.32. The van der Waals surface area contributed by atoms with Gasteiger partial charge in [-0.25, -0.2) is 17.8 Å². The predicted octanol–water partition coefficient (Wildman–Crippen LogP) is 1.84. The molecule has 0 saturated heterocycles. The molecule has 118 valence electrons. The molecule has 0 atom stereocenters. The summed E-state index contributed by atoms with van der Waals surface area (Å²) in [6.07, 6.45) is 0. The summed E-state index contributed by atoms with van der Waals surface area (Å²) in [4.78, 5) is 11.6. The Kier molecular flexibility index (Phi) is 5.23. The molecule has 1 aromatic heterocycles. The average molecular weight is 362 g/mol. The largest absolute Gasteiger partial charge is 0.268 e. The quantitative estimate of drug-likeness (QED) is 0.880. The first-order valence-corrected chi connectivity index (χ1v) is 8.53. The van der Waals surface area contributed by atoms with Crippen LogP contribution in [0.1, 0.15) is 5.69 Å². The average Bonchev–Trinajstić information content (AvgIpc) is 2.45. The molecule has 9 heteroatoms. The minimum atomic E-state index is -3.73. The van der Waals surface area contributed by atoms with Crippen LogP contribution in [0.3, 0.4) is 0 Å². The number of sulfonamides is 1. The second-order valence-electron chi connectivity index (χ2n) is 4.51. The number of hydrogen-bond donors (Lipinski definition) is 1. The van der Waals surface area contributed by atoms with Crippen molar-refractivity contribution in [2.75, 3.05) is 6.54 Å². The van der Waals surface area contributed by atoms with E-state index in [-0.39, 0.29) is 33.6 Å². The van der Waals surface area contributed by atoms with Crippen LogP contribution in [0.25, 0.3) is 0 Å². The van der Waals surface area contributed by atoms with Crippen LogP contribution in [0.15, 0.2) is 40.0 Å². The zero-order valence-electron chi connectivity index (χ0n) is 11.6. The summed E-state index contributed by atoms with van der Waals surface area (Å²) >= 11 is 11.6. The molecule has 2 aromatic rings. The number of nitrogens with zero attached hydrogens (tertiary/aromatic N) is 2. The van der Waals surface area contributed by atoms with Gasteiger partial charge in [0.05, 0.1) is 27.2 Å². The van der Waals surface area contributed by atoms with Crippen molar-refractivity contribution in [3.63, 3.8) is 0 Å². The van der Waals surface area contributed by atoms with Gasteiger partial charge in [-0.1, -0.05) is 23.2 Å². The normalized spacial score (nSPS) is 11.6. The van der Waals surface area contributed by atoms with Gasteiger partial charge in [0.2, 0.25) is 10.0 Å². The van der Waals surface area contributed by atoms with Crippen molar-refractivity contribution in [2.45, 2.75) is 18.4 Å². The Bertz CT molecular complexity index is 850. The van der Waals surface area contributed by atoms with Crippen molar-refractivity contribution in [2.24, 2.45) is 0 Å². The first-order valence-electron chi connectivity index (χ1n) is 6.29. The maximum atomic E-state index is 12.1. The van der Waals surface area contributed by atoms with Gasteiger partial charge in [0.15, 0.2) is 0 Å². The maximum Gasteiger partial charge on any atom is 0.266 e. The summed E-state index contributed by atoms with van der Waals surface area (Å²) in [6, 6.07) is 7.01. The third-order valence-corrected chi connectivity index (χ3v) is 5.01. The Labute approximate surface area is 137 Å². The number of rotatable bonds is 5. The van der Waals surface area contributed by atoms with Gasteiger partial charge >= 0.3 is 0 Å². The topological polar surface area (TPSA) is 81.1 Å². The molecule has 1 heterocycles. The molecule has 0 aliphatic rings. The fourth-order valence-electron chi connectivity index (χ4n) is 1.72. The highest BCUT2D eigenvalue weighted by molar-refractivity contribution is 7.89. The number of aryl methyl sites for hydroxylation is 1. The molecule has 0 bridgehead atoms. The van der Waals surface area contributed by atoms with Crippen molar-refractivity contribution in [1.29, 1.82) is 0 Å². The van der Waals surface area contributed by atoms with Gasteiger partial charge in [0.25, 0.3) is 5.56 Å². The summed E-state index contributed by atoms with van der Waals surface area (Å²) in [5, 5.41) is 4.45. The Hall–Kier alpha value is -1.41. The van der Waals surface area contributed by atoms with Crippen molar-refractivity contribution in [3.8, 4) is 0 Å². The van der Waals surface area contributed by atoms with Crippen LogP contribution in [0.2, 0.25) is 10.0 Å². The number of halogens is 2. The molecular weight excluding hydrogens is 349 g/mol. The van der Waals surface area contributed by atoms with Crippen molar-refractivity contribution in [3.05, 3.63) is 56.4 Å². The van der Waals surface area contributed by atoms with Crippen molar-refractivity contribution < 1.29 is 8.42 Å². The monoisotopic (exact) mass is 361 g/mol. The van der Waals surface area contributed by atoms with E-state index in [4.69, 9.17) is 23.2 Å². The second kappa shape index (κ2) is 6.78. The van der Waals surface area contributed by atoms with Gasteiger partial charge in [-0.15, -0.1) is 0 Å². The van der Waals surface area contributed by atoms with E-state index in [0.29, 0.717) is 5.69 Å². The second-order valence-corrected chi connectivity index (χ2v) is 7.09. The summed E-state index contributed by atoms with van der Waals surface area (Å²) in [5.41, 5.74) is 0.381. The highest BCUT2D eigenvalue weighted by atomic mass is 35.5. The highest BCUT2D eigenvalue weighted by Crippen LogP contribution is 2.24. The van der Waals surface area contributed by atoms with Gasteiger partial charge in [0, 0.05) is 12.6 Å². The van der Waals surface area contributed by atoms with E-state index in [1.165, 1.54) is 28.9 Å². The lowest BCUT2D eigenvalue weighted by Gasteiger charge is -2.09. The molecule has 0 amide bonds. The molecule has 1 aromatic carbocycles. The van der Waals surface area contributed by atoms with Crippen LogP contribution in [0.5, 0.6) is 0 Å². The third-order valence-electron chi connectivity index (χ3n) is 2.82. The lowest BCUT2D eigenvalue weighted by atomic mass is 10.4. The van der Waals surface area contributed by atoms with Gasteiger partial charge < -0.3 is 0 Å². The molecule has 0 aliphatic heterocycles. The molecule has 0 spiro atoms. The highest BCUT2D eigenvalue weighted by Gasteiger charge is 2.15. The van der Waals surface area contributed by atoms with Crippen LogP contribution in [-0.2, 0) is 16.6 Å². The summed E-state index contributed by atoms with van der Waals surface area (Å²) in [6.45, 7) is 1.90. The molecule has 0 saturated carbocycles. The van der Waals surface area contributed by atoms with E-state index < -0.39 is 10.0 Å². The van der Waals surface area contributed by atoms with Crippen LogP contribution in [0, 0.1) is 6.92 Å². The van der Waals surface area contributed by atoms with E-state index in [1.54, 1.807) is 13.0 Å². The fraction of sp³-hybridized carbons (Fsp3) is 0.231. The molecule has 6 nitrogen and oxygen atoms in total. The molecule has 2 rings (SSSR count). The minimum absolute atomic E-state index is 0.00597. The predicted molar refractivity (Wildman–Crippen MR) is 84.9 cm³/mol. The van der Waals surface area contributed by atoms with E-state index in [2.05, 4.69) is 9.82 Å². The molecule has 22 heavy (non-hydrogen) atoms. The number of benzene rings is 1. The first-order chi connectivity index (χ1) is 10.3.